The highest BCUT2D eigenvalue weighted by Gasteiger charge is 2.18. The Morgan fingerprint density at radius 2 is 2.22 bits per heavy atom. The van der Waals surface area contributed by atoms with Gasteiger partial charge in [-0.2, -0.15) is 0 Å². The molecule has 1 aromatic carbocycles. The number of fused-ring (bicyclic) bond motifs is 1. The summed E-state index contributed by atoms with van der Waals surface area (Å²) in [6.07, 6.45) is 0.917. The van der Waals surface area contributed by atoms with Crippen molar-refractivity contribution in [2.24, 2.45) is 0 Å². The summed E-state index contributed by atoms with van der Waals surface area (Å²) in [5.41, 5.74) is 1.63. The van der Waals surface area contributed by atoms with Crippen molar-refractivity contribution in [2.45, 2.75) is 26.8 Å². The summed E-state index contributed by atoms with van der Waals surface area (Å²) in [6, 6.07) is 5.43. The fourth-order valence-electron chi connectivity index (χ4n) is 1.90. The minimum atomic E-state index is -0.390. The van der Waals surface area contributed by atoms with E-state index >= 15 is 0 Å². The second-order valence-corrected chi connectivity index (χ2v) is 4.38. The van der Waals surface area contributed by atoms with Crippen LogP contribution in [0.4, 0.5) is 0 Å². The molecule has 4 nitrogen and oxygen atoms in total. The molecule has 2 aromatic rings. The van der Waals surface area contributed by atoms with Gasteiger partial charge in [0.25, 0.3) is 0 Å². The molecule has 1 aromatic heterocycles. The number of halogens is 1. The number of ether oxygens (including phenoxy) is 1. The Balaban J connectivity index is 2.56. The lowest BCUT2D eigenvalue weighted by Crippen LogP contribution is -2.13. The molecule has 0 saturated carbocycles. The Hall–Kier alpha value is -1.55. The van der Waals surface area contributed by atoms with Crippen molar-refractivity contribution in [3.8, 4) is 0 Å². The normalized spacial score (nSPS) is 10.8. The number of hydrogen-bond donors (Lipinski definition) is 0. The second kappa shape index (κ2) is 5.40. The van der Waals surface area contributed by atoms with E-state index in [2.05, 4.69) is 11.9 Å². The summed E-state index contributed by atoms with van der Waals surface area (Å²) in [5.74, 6) is -0.0470. The maximum absolute atomic E-state index is 11.9. The predicted molar refractivity (Wildman–Crippen MR) is 71.0 cm³/mol. The van der Waals surface area contributed by atoms with Crippen LogP contribution in [0.5, 0.6) is 0 Å². The lowest BCUT2D eigenvalue weighted by Gasteiger charge is -2.06. The summed E-state index contributed by atoms with van der Waals surface area (Å²) < 4.78 is 6.90. The van der Waals surface area contributed by atoms with Gasteiger partial charge in [0, 0.05) is 11.6 Å². The van der Waals surface area contributed by atoms with Crippen LogP contribution in [0.15, 0.2) is 18.2 Å². The molecule has 1 heterocycles. The van der Waals surface area contributed by atoms with Gasteiger partial charge in [0.05, 0.1) is 17.6 Å². The monoisotopic (exact) mass is 266 g/mol. The zero-order chi connectivity index (χ0) is 13.1. The number of imidazole rings is 1. The van der Waals surface area contributed by atoms with E-state index in [1.54, 1.807) is 19.1 Å². The average Bonchev–Trinajstić information content (AvgIpc) is 2.68. The molecule has 18 heavy (non-hydrogen) atoms. The third-order valence-electron chi connectivity index (χ3n) is 2.62. The first-order valence-corrected chi connectivity index (χ1v) is 6.38. The van der Waals surface area contributed by atoms with Crippen molar-refractivity contribution < 1.29 is 9.53 Å². The van der Waals surface area contributed by atoms with Gasteiger partial charge in [-0.15, -0.1) is 0 Å². The maximum atomic E-state index is 11.9. The van der Waals surface area contributed by atoms with Crippen molar-refractivity contribution in [3.05, 3.63) is 29.0 Å². The molecule has 0 aliphatic carbocycles. The molecule has 96 valence electrons. The number of aromatic nitrogens is 2. The summed E-state index contributed by atoms with van der Waals surface area (Å²) in [5, 5.41) is 0.610. The number of esters is 1. The van der Waals surface area contributed by atoms with Gasteiger partial charge in [-0.3, -0.25) is 0 Å². The highest BCUT2D eigenvalue weighted by molar-refractivity contribution is 6.31. The van der Waals surface area contributed by atoms with Crippen LogP contribution in [0.1, 0.15) is 30.9 Å². The molecule has 0 aliphatic rings. The van der Waals surface area contributed by atoms with Crippen molar-refractivity contribution in [2.75, 3.05) is 6.61 Å². The van der Waals surface area contributed by atoms with Crippen molar-refractivity contribution in [1.29, 1.82) is 0 Å². The molecule has 0 radical (unpaired) electrons. The topological polar surface area (TPSA) is 44.1 Å². The van der Waals surface area contributed by atoms with Gasteiger partial charge in [0.15, 0.2) is 0 Å². The Morgan fingerprint density at radius 1 is 1.44 bits per heavy atom. The van der Waals surface area contributed by atoms with Gasteiger partial charge in [0.2, 0.25) is 5.82 Å². The molecule has 0 bridgehead atoms. The van der Waals surface area contributed by atoms with Gasteiger partial charge in [-0.25, -0.2) is 9.78 Å². The zero-order valence-corrected chi connectivity index (χ0v) is 11.2. The first-order chi connectivity index (χ1) is 8.67. The molecule has 5 heteroatoms. The van der Waals surface area contributed by atoms with E-state index in [1.807, 2.05) is 10.6 Å². The van der Waals surface area contributed by atoms with Crippen LogP contribution >= 0.6 is 11.6 Å². The van der Waals surface area contributed by atoms with Crippen LogP contribution in [-0.2, 0) is 11.3 Å². The summed E-state index contributed by atoms with van der Waals surface area (Å²) >= 11 is 5.93. The molecule has 0 unspecified atom stereocenters. The van der Waals surface area contributed by atoms with Crippen molar-refractivity contribution in [3.63, 3.8) is 0 Å². The third kappa shape index (κ3) is 2.34. The van der Waals surface area contributed by atoms with Crippen LogP contribution in [-0.4, -0.2) is 22.1 Å². The van der Waals surface area contributed by atoms with Gasteiger partial charge in [-0.1, -0.05) is 18.5 Å². The van der Waals surface area contributed by atoms with Gasteiger partial charge in [0.1, 0.15) is 0 Å². The third-order valence-corrected chi connectivity index (χ3v) is 2.85. The molecule has 0 aliphatic heterocycles. The van der Waals surface area contributed by atoms with E-state index < -0.39 is 5.97 Å². The van der Waals surface area contributed by atoms with E-state index in [-0.39, 0.29) is 0 Å². The van der Waals surface area contributed by atoms with Crippen LogP contribution in [0.2, 0.25) is 5.02 Å². The molecular weight excluding hydrogens is 252 g/mol. The van der Waals surface area contributed by atoms with E-state index in [0.717, 1.165) is 24.0 Å². The number of carbonyl (C=O) groups excluding carboxylic acids is 1. The number of benzene rings is 1. The van der Waals surface area contributed by atoms with Gasteiger partial charge >= 0.3 is 5.97 Å². The first-order valence-electron chi connectivity index (χ1n) is 6.00. The Labute approximate surface area is 111 Å². The van der Waals surface area contributed by atoms with Crippen LogP contribution in [0.3, 0.4) is 0 Å². The van der Waals surface area contributed by atoms with E-state index in [0.29, 0.717) is 17.5 Å². The van der Waals surface area contributed by atoms with Gasteiger partial charge < -0.3 is 9.30 Å². The number of hydrogen-bond acceptors (Lipinski definition) is 3. The molecular formula is C13H15ClN2O2. The van der Waals surface area contributed by atoms with E-state index in [1.165, 1.54) is 0 Å². The summed E-state index contributed by atoms with van der Waals surface area (Å²) in [4.78, 5) is 16.2. The summed E-state index contributed by atoms with van der Waals surface area (Å²) in [7, 11) is 0. The number of rotatable bonds is 4. The Kier molecular flexibility index (Phi) is 3.87. The predicted octanol–water partition coefficient (Wildman–Crippen LogP) is 3.28. The smallest absolute Gasteiger partial charge is 0.374 e. The molecule has 0 N–H and O–H groups in total. The standard InChI is InChI=1S/C13H15ClN2O2/c1-3-7-16-11-6-5-9(14)8-10(11)15-12(16)13(17)18-4-2/h5-6,8H,3-4,7H2,1-2H3. The molecule has 0 atom stereocenters. The molecule has 0 fully saturated rings. The fraction of sp³-hybridized carbons (Fsp3) is 0.385. The number of nitrogens with zero attached hydrogens (tertiary/aromatic N) is 2. The van der Waals surface area contributed by atoms with Gasteiger partial charge in [-0.05, 0) is 31.5 Å². The second-order valence-electron chi connectivity index (χ2n) is 3.94. The SMILES string of the molecule is CCCn1c(C(=O)OCC)nc2cc(Cl)ccc21. The minimum absolute atomic E-state index is 0.342. The quantitative estimate of drug-likeness (QED) is 0.798. The molecule has 0 saturated heterocycles. The van der Waals surface area contributed by atoms with Crippen LogP contribution < -0.4 is 0 Å². The lowest BCUT2D eigenvalue weighted by molar-refractivity contribution is 0.0507. The van der Waals surface area contributed by atoms with E-state index in [4.69, 9.17) is 16.3 Å². The van der Waals surface area contributed by atoms with Crippen molar-refractivity contribution in [1.82, 2.24) is 9.55 Å². The number of carbonyl (C=O) groups is 1. The minimum Gasteiger partial charge on any atom is -0.460 e. The maximum Gasteiger partial charge on any atom is 0.374 e. The Morgan fingerprint density at radius 3 is 2.89 bits per heavy atom. The van der Waals surface area contributed by atoms with E-state index in [9.17, 15) is 4.79 Å². The van der Waals surface area contributed by atoms with Crippen LogP contribution in [0.25, 0.3) is 11.0 Å². The first kappa shape index (κ1) is 12.9. The zero-order valence-electron chi connectivity index (χ0n) is 10.4. The highest BCUT2D eigenvalue weighted by Crippen LogP contribution is 2.21. The molecule has 2 rings (SSSR count). The molecule has 0 spiro atoms. The molecule has 0 amide bonds. The largest absolute Gasteiger partial charge is 0.460 e. The summed E-state index contributed by atoms with van der Waals surface area (Å²) in [6.45, 7) is 4.90. The van der Waals surface area contributed by atoms with Crippen molar-refractivity contribution >= 4 is 28.6 Å². The average molecular weight is 267 g/mol. The fourth-order valence-corrected chi connectivity index (χ4v) is 2.07. The highest BCUT2D eigenvalue weighted by atomic mass is 35.5. The van der Waals surface area contributed by atoms with Crippen LogP contribution in [0, 0.1) is 0 Å². The number of aryl methyl sites for hydroxylation is 1. The Bertz CT molecular complexity index is 578. The lowest BCUT2D eigenvalue weighted by atomic mass is 10.3.